The maximum absolute atomic E-state index is 12.0. The van der Waals surface area contributed by atoms with Crippen LogP contribution in [0, 0.1) is 41.5 Å². The van der Waals surface area contributed by atoms with Crippen LogP contribution in [0.2, 0.25) is 0 Å². The van der Waals surface area contributed by atoms with Crippen molar-refractivity contribution >= 4 is 54.2 Å². The van der Waals surface area contributed by atoms with E-state index >= 15 is 0 Å². The summed E-state index contributed by atoms with van der Waals surface area (Å²) in [5.41, 5.74) is 2.27. The zero-order chi connectivity index (χ0) is 28.2. The molecule has 16 heteroatoms. The second-order valence-electron chi connectivity index (χ2n) is 8.91. The van der Waals surface area contributed by atoms with Crippen LogP contribution in [0.4, 0.5) is 0 Å². The van der Waals surface area contributed by atoms with Gasteiger partial charge in [0.25, 0.3) is 0 Å². The van der Waals surface area contributed by atoms with Crippen LogP contribution >= 0.6 is 7.92 Å². The van der Waals surface area contributed by atoms with Gasteiger partial charge in [0.15, 0.2) is 0 Å². The molecule has 0 radical (unpaired) electrons. The Morgan fingerprint density at radius 1 is 0.425 bits per heavy atom. The van der Waals surface area contributed by atoms with E-state index in [-0.39, 0.29) is 171 Å². The SMILES string of the molecule is Cc1cc(C)c(S(=O)(=O)[O-])cc1P(c1cc(S(=O)(=O)[O-])c(C)cc1C)c1cc(S(=O)(=O)[O-])c(C)cc1C.[K+].[K+].[K+]. The minimum atomic E-state index is -4.90. The number of rotatable bonds is 6. The summed E-state index contributed by atoms with van der Waals surface area (Å²) in [6.45, 7) is 9.39. The first-order valence-corrected chi connectivity index (χ1v) is 16.3. The summed E-state index contributed by atoms with van der Waals surface area (Å²) in [4.78, 5) is -1.45. The molecule has 0 atom stereocenters. The molecule has 0 aromatic heterocycles. The molecule has 9 nitrogen and oxygen atoms in total. The van der Waals surface area contributed by atoms with E-state index in [4.69, 9.17) is 0 Å². The summed E-state index contributed by atoms with van der Waals surface area (Å²) in [7, 11) is -16.6. The second kappa shape index (κ2) is 16.0. The van der Waals surface area contributed by atoms with E-state index in [2.05, 4.69) is 0 Å². The molecule has 0 amide bonds. The van der Waals surface area contributed by atoms with Crippen molar-refractivity contribution < 1.29 is 193 Å². The standard InChI is InChI=1S/C24H27O9PS3.3K/c1-13-7-16(4)22(35(25,26)27)10-19(13)34(20-11-23(36(28,29)30)17(5)8-14(20)2)21-12-24(37(31,32)33)18(6)9-15(21)3;;;/h7-12H,1-6H3,(H,25,26,27)(H,28,29,30)(H,31,32,33);;;/q;3*+1/p-3. The van der Waals surface area contributed by atoms with Gasteiger partial charge in [-0.05, 0) is 117 Å². The van der Waals surface area contributed by atoms with E-state index in [1.807, 2.05) is 0 Å². The summed E-state index contributed by atoms with van der Waals surface area (Å²) in [6.07, 6.45) is 0. The van der Waals surface area contributed by atoms with Crippen molar-refractivity contribution in [3.8, 4) is 0 Å². The average Bonchev–Trinajstić information content (AvgIpc) is 2.69. The van der Waals surface area contributed by atoms with Crippen molar-refractivity contribution in [2.45, 2.75) is 56.2 Å². The molecule has 0 saturated carbocycles. The van der Waals surface area contributed by atoms with E-state index in [0.29, 0.717) is 32.6 Å². The van der Waals surface area contributed by atoms with Gasteiger partial charge in [-0.3, -0.25) is 0 Å². The Morgan fingerprint density at radius 2 is 0.625 bits per heavy atom. The van der Waals surface area contributed by atoms with E-state index in [1.54, 1.807) is 20.8 Å². The fourth-order valence-corrected chi connectivity index (χ4v) is 9.60. The van der Waals surface area contributed by atoms with Crippen LogP contribution in [0.25, 0.3) is 0 Å². The summed E-state index contributed by atoms with van der Waals surface area (Å²) >= 11 is 0. The smallest absolute Gasteiger partial charge is 0.744 e. The third kappa shape index (κ3) is 9.86. The fraction of sp³-hybridized carbons (Fsp3) is 0.250. The molecule has 200 valence electrons. The number of aryl methyl sites for hydroxylation is 6. The summed E-state index contributed by atoms with van der Waals surface area (Å²) < 4.78 is 108. The average molecular weight is 701 g/mol. The Balaban J connectivity index is 0.00000507. The molecule has 0 unspecified atom stereocenters. The van der Waals surface area contributed by atoms with Crippen molar-refractivity contribution in [1.29, 1.82) is 0 Å². The molecule has 0 N–H and O–H groups in total. The first-order valence-electron chi connectivity index (χ1n) is 10.7. The molecule has 3 rings (SSSR count). The third-order valence-electron chi connectivity index (χ3n) is 6.01. The summed E-state index contributed by atoms with van der Waals surface area (Å²) in [6, 6.07) is 8.10. The van der Waals surface area contributed by atoms with E-state index in [0.717, 1.165) is 0 Å². The van der Waals surface area contributed by atoms with Crippen LogP contribution in [0.5, 0.6) is 0 Å². The topological polar surface area (TPSA) is 172 Å². The fourth-order valence-electron chi connectivity index (χ4n) is 4.39. The van der Waals surface area contributed by atoms with Gasteiger partial charge in [-0.15, -0.1) is 0 Å². The molecule has 40 heavy (non-hydrogen) atoms. The predicted octanol–water partition coefficient (Wildman–Crippen LogP) is -6.98. The van der Waals surface area contributed by atoms with E-state index in [1.165, 1.54) is 57.2 Å². The van der Waals surface area contributed by atoms with Crippen molar-refractivity contribution in [2.24, 2.45) is 0 Å². The van der Waals surface area contributed by atoms with Gasteiger partial charge >= 0.3 is 154 Å². The minimum Gasteiger partial charge on any atom is -0.744 e. The monoisotopic (exact) mass is 700 g/mol. The normalized spacial score (nSPS) is 11.8. The molecule has 0 bridgehead atoms. The zero-order valence-corrected chi connectivity index (χ0v) is 36.5. The molecular formula is C24H24K3O9PS3. The van der Waals surface area contributed by atoms with Crippen molar-refractivity contribution in [3.05, 3.63) is 69.8 Å². The largest absolute Gasteiger partial charge is 1.00 e. The molecule has 0 aliphatic rings. The Bertz CT molecular complexity index is 1570. The second-order valence-corrected chi connectivity index (χ2v) is 15.1. The first-order chi connectivity index (χ1) is 16.7. The maximum Gasteiger partial charge on any atom is 1.00 e. The van der Waals surface area contributed by atoms with Crippen LogP contribution in [0.15, 0.2) is 51.1 Å². The van der Waals surface area contributed by atoms with E-state index < -0.39 is 53.0 Å². The Hall–Kier alpha value is 2.73. The first kappa shape index (κ1) is 42.7. The molecular weight excluding hydrogens is 677 g/mol. The number of hydrogen-bond acceptors (Lipinski definition) is 9. The zero-order valence-electron chi connectivity index (χ0n) is 23.8. The molecule has 3 aromatic carbocycles. The molecule has 0 aliphatic carbocycles. The van der Waals surface area contributed by atoms with Gasteiger partial charge in [0.1, 0.15) is 30.4 Å². The quantitative estimate of drug-likeness (QED) is 0.138. The van der Waals surface area contributed by atoms with Crippen LogP contribution < -0.4 is 170 Å². The van der Waals surface area contributed by atoms with Gasteiger partial charge in [-0.25, -0.2) is 25.3 Å². The van der Waals surface area contributed by atoms with Crippen LogP contribution in [-0.4, -0.2) is 38.9 Å². The van der Waals surface area contributed by atoms with Gasteiger partial charge < -0.3 is 13.7 Å². The van der Waals surface area contributed by atoms with Gasteiger partial charge in [0.05, 0.1) is 14.7 Å². The van der Waals surface area contributed by atoms with Crippen LogP contribution in [-0.2, 0) is 30.4 Å². The van der Waals surface area contributed by atoms with Gasteiger partial charge in [-0.2, -0.15) is 0 Å². The number of hydrogen-bond donors (Lipinski definition) is 0. The maximum atomic E-state index is 12.0. The third-order valence-corrected chi connectivity index (χ3v) is 11.8. The predicted molar refractivity (Wildman–Crippen MR) is 137 cm³/mol. The molecule has 0 heterocycles. The van der Waals surface area contributed by atoms with Crippen LogP contribution in [0.1, 0.15) is 33.4 Å². The van der Waals surface area contributed by atoms with Gasteiger partial charge in [0, 0.05) is 0 Å². The minimum absolute atomic E-state index is 0. The summed E-state index contributed by atoms with van der Waals surface area (Å²) in [5, 5.41) is 0.993. The Kier molecular flexibility index (Phi) is 17.1. The molecule has 0 saturated heterocycles. The molecule has 0 fully saturated rings. The Morgan fingerprint density at radius 3 is 0.800 bits per heavy atom. The van der Waals surface area contributed by atoms with Gasteiger partial charge in [0.2, 0.25) is 0 Å². The molecule has 0 aliphatic heterocycles. The van der Waals surface area contributed by atoms with Crippen molar-refractivity contribution in [1.82, 2.24) is 0 Å². The van der Waals surface area contributed by atoms with E-state index in [9.17, 15) is 38.9 Å². The van der Waals surface area contributed by atoms with Crippen LogP contribution in [0.3, 0.4) is 0 Å². The van der Waals surface area contributed by atoms with Gasteiger partial charge in [-0.1, -0.05) is 18.2 Å². The Labute approximate surface area is 365 Å². The molecule has 3 aromatic rings. The summed E-state index contributed by atoms with van der Waals surface area (Å²) in [5.74, 6) is 0. The van der Waals surface area contributed by atoms with Crippen molar-refractivity contribution in [2.75, 3.05) is 0 Å². The molecule has 0 spiro atoms. The van der Waals surface area contributed by atoms with Crippen molar-refractivity contribution in [3.63, 3.8) is 0 Å². The number of benzene rings is 3.